The molecule has 5 heteroatoms. The van der Waals surface area contributed by atoms with Crippen LogP contribution in [0.3, 0.4) is 0 Å². The number of hydrogen-bond acceptors (Lipinski definition) is 3. The number of aryl methyl sites for hydroxylation is 9. The molecule has 0 unspecified atom stereocenters. The maximum absolute atomic E-state index is 2.39. The van der Waals surface area contributed by atoms with Crippen molar-refractivity contribution in [3.63, 3.8) is 0 Å². The minimum Gasteiger partial charge on any atom is -0.149 e. The predicted octanol–water partition coefficient (Wildman–Crippen LogP) is 8.99. The Morgan fingerprint density at radius 3 is 1.30 bits per heavy atom. The van der Waals surface area contributed by atoms with Crippen LogP contribution in [0.2, 0.25) is 6.82 Å². The van der Waals surface area contributed by atoms with Crippen LogP contribution in [0.4, 0.5) is 0 Å². The lowest BCUT2D eigenvalue weighted by Crippen LogP contribution is -2.54. The quantitative estimate of drug-likeness (QED) is 0.144. The van der Waals surface area contributed by atoms with Crippen LogP contribution in [0.25, 0.3) is 19.5 Å². The number of hydrogen-bond donors (Lipinski definition) is 0. The van der Waals surface area contributed by atoms with Crippen LogP contribution in [0.15, 0.2) is 72.8 Å². The van der Waals surface area contributed by atoms with Gasteiger partial charge in [0.25, 0.3) is 6.71 Å². The summed E-state index contributed by atoms with van der Waals surface area (Å²) in [7, 11) is 0. The van der Waals surface area contributed by atoms with Crippen molar-refractivity contribution in [2.75, 3.05) is 0 Å². The highest BCUT2D eigenvalue weighted by atomic mass is 32.1. The topological polar surface area (TPSA) is 0 Å². The molecule has 232 valence electrons. The molecule has 6 aromatic rings. The lowest BCUT2D eigenvalue weighted by Gasteiger charge is -2.23. The van der Waals surface area contributed by atoms with Gasteiger partial charge in [-0.05, 0) is 95.6 Å². The van der Waals surface area contributed by atoms with E-state index in [2.05, 4.69) is 142 Å². The largest absolute Gasteiger partial charge is 0.255 e. The highest BCUT2D eigenvalue weighted by Crippen LogP contribution is 2.38. The molecular weight excluding hydrogens is 610 g/mol. The minimum absolute atomic E-state index is 0.221. The van der Waals surface area contributed by atoms with E-state index in [1.165, 1.54) is 95.5 Å². The average molecular weight is 655 g/mol. The van der Waals surface area contributed by atoms with E-state index >= 15 is 0 Å². The van der Waals surface area contributed by atoms with E-state index in [1.54, 1.807) is 0 Å². The second-order valence-corrected chi connectivity index (χ2v) is 16.7. The third kappa shape index (κ3) is 6.27. The van der Waals surface area contributed by atoms with Gasteiger partial charge in [-0.25, -0.2) is 0 Å². The first kappa shape index (κ1) is 32.8. The van der Waals surface area contributed by atoms with Gasteiger partial charge in [-0.3, -0.25) is 0 Å². The Morgan fingerprint density at radius 2 is 0.826 bits per heavy atom. The molecule has 3 heterocycles. The molecule has 0 nitrogen and oxygen atoms in total. The van der Waals surface area contributed by atoms with Crippen molar-refractivity contribution in [2.24, 2.45) is 0 Å². The summed E-state index contributed by atoms with van der Waals surface area (Å²) < 4.78 is 2.86. The molecule has 0 amide bonds. The highest BCUT2D eigenvalue weighted by molar-refractivity contribution is 7.33. The molecule has 0 atom stereocenters. The Balaban J connectivity index is 1.35. The van der Waals surface area contributed by atoms with Crippen molar-refractivity contribution in [1.29, 1.82) is 0 Å². The van der Waals surface area contributed by atoms with Crippen molar-refractivity contribution in [1.82, 2.24) is 0 Å². The lowest BCUT2D eigenvalue weighted by molar-refractivity contribution is 1.14. The van der Waals surface area contributed by atoms with Gasteiger partial charge in [0.2, 0.25) is 6.71 Å². The van der Waals surface area contributed by atoms with Gasteiger partial charge >= 0.3 is 0 Å². The lowest BCUT2D eigenvalue weighted by atomic mass is 9.37. The summed E-state index contributed by atoms with van der Waals surface area (Å²) in [6.07, 6.45) is 1.07. The molecule has 0 saturated carbocycles. The molecule has 0 radical (unpaired) electrons. The van der Waals surface area contributed by atoms with Crippen LogP contribution >= 0.6 is 34.0 Å². The van der Waals surface area contributed by atoms with Crippen LogP contribution in [0, 0.1) is 55.4 Å². The van der Waals surface area contributed by atoms with Gasteiger partial charge in [-0.15, -0.1) is 34.0 Å². The van der Waals surface area contributed by atoms with Crippen LogP contribution in [-0.2, 0) is 6.42 Å². The van der Waals surface area contributed by atoms with Crippen molar-refractivity contribution >= 4 is 73.4 Å². The third-order valence-corrected chi connectivity index (χ3v) is 13.4. The second kappa shape index (κ2) is 13.2. The van der Waals surface area contributed by atoms with Gasteiger partial charge in [0.05, 0.1) is 0 Å². The predicted molar refractivity (Wildman–Crippen MR) is 213 cm³/mol. The van der Waals surface area contributed by atoms with E-state index in [1.807, 2.05) is 34.0 Å². The molecule has 0 bridgehead atoms. The van der Waals surface area contributed by atoms with Gasteiger partial charge < -0.3 is 0 Å². The molecule has 3 aromatic heterocycles. The summed E-state index contributed by atoms with van der Waals surface area (Å²) in [5.41, 5.74) is 16.9. The molecular formula is C41H44B2S3. The van der Waals surface area contributed by atoms with Crippen LogP contribution in [-0.4, -0.2) is 13.4 Å². The summed E-state index contributed by atoms with van der Waals surface area (Å²) in [5.74, 6) is 0. The highest BCUT2D eigenvalue weighted by Gasteiger charge is 2.30. The number of benzene rings is 3. The van der Waals surface area contributed by atoms with E-state index in [0.717, 1.165) is 6.42 Å². The van der Waals surface area contributed by atoms with E-state index < -0.39 is 0 Å². The molecule has 6 rings (SSSR count). The van der Waals surface area contributed by atoms with Crippen molar-refractivity contribution in [2.45, 2.75) is 75.6 Å². The SMILES string of the molecule is CCc1cc(C)cc(C)c1B(C)c1ccc(-c2ccc(-c3ccc(B(c4c(C)cc(C)cc4C)c4c(C)cc(C)cc4C)s3)s2)s1. The van der Waals surface area contributed by atoms with Crippen LogP contribution in [0.1, 0.15) is 57.0 Å². The normalized spacial score (nSPS) is 11.3. The van der Waals surface area contributed by atoms with E-state index in [0.29, 0.717) is 6.71 Å². The summed E-state index contributed by atoms with van der Waals surface area (Å²) in [6.45, 7) is 23.4. The minimum atomic E-state index is 0.221. The fourth-order valence-electron chi connectivity index (χ4n) is 7.80. The zero-order valence-electron chi connectivity index (χ0n) is 29.0. The molecule has 0 spiro atoms. The van der Waals surface area contributed by atoms with Gasteiger partial charge in [0, 0.05) is 19.5 Å². The van der Waals surface area contributed by atoms with Crippen LogP contribution < -0.4 is 25.9 Å². The van der Waals surface area contributed by atoms with E-state index in [9.17, 15) is 0 Å². The molecule has 46 heavy (non-hydrogen) atoms. The fourth-order valence-corrected chi connectivity index (χ4v) is 11.2. The summed E-state index contributed by atoms with van der Waals surface area (Å²) in [5, 5.41) is 0. The van der Waals surface area contributed by atoms with E-state index in [4.69, 9.17) is 0 Å². The molecule has 0 aliphatic rings. The van der Waals surface area contributed by atoms with Crippen LogP contribution in [0.5, 0.6) is 0 Å². The zero-order chi connectivity index (χ0) is 32.9. The van der Waals surface area contributed by atoms with Gasteiger partial charge in [0.1, 0.15) is 0 Å². The summed E-state index contributed by atoms with van der Waals surface area (Å²) in [4.78, 5) is 5.43. The first-order valence-corrected chi connectivity index (χ1v) is 19.0. The van der Waals surface area contributed by atoms with E-state index in [-0.39, 0.29) is 6.71 Å². The van der Waals surface area contributed by atoms with Crippen molar-refractivity contribution < 1.29 is 0 Å². The number of thiophene rings is 3. The standard InChI is InChI=1S/C41H44B2S3/c1-11-32-23-26(4)22-31(9)41(32)42(10)37-16-14-35(45-37)33-12-13-34(44-33)36-15-17-38(46-36)43(39-27(5)18-24(2)19-28(39)6)40-29(7)20-25(3)21-30(40)8/h12-23H,11H2,1-10H3. The second-order valence-electron chi connectivity index (χ2n) is 13.4. The molecule has 3 aromatic carbocycles. The number of rotatable bonds is 8. The zero-order valence-corrected chi connectivity index (χ0v) is 31.5. The Morgan fingerprint density at radius 1 is 0.457 bits per heavy atom. The summed E-state index contributed by atoms with van der Waals surface area (Å²) in [6, 6.07) is 28.2. The van der Waals surface area contributed by atoms with Gasteiger partial charge in [-0.1, -0.05) is 129 Å². The average Bonchev–Trinajstić information content (AvgIpc) is 3.75. The maximum Gasteiger partial charge on any atom is 0.255 e. The van der Waals surface area contributed by atoms with Crippen molar-refractivity contribution in [3.05, 3.63) is 123 Å². The Hall–Kier alpha value is -3.11. The van der Waals surface area contributed by atoms with Gasteiger partial charge in [0.15, 0.2) is 0 Å². The molecule has 0 saturated heterocycles. The molecule has 0 N–H and O–H groups in total. The smallest absolute Gasteiger partial charge is 0.149 e. The maximum atomic E-state index is 2.39. The van der Waals surface area contributed by atoms with Crippen molar-refractivity contribution in [3.8, 4) is 19.5 Å². The fraction of sp³-hybridized carbons (Fsp3) is 0.268. The molecule has 0 fully saturated rings. The first-order valence-electron chi connectivity index (χ1n) is 16.5. The Bertz CT molecular complexity index is 1950. The van der Waals surface area contributed by atoms with Gasteiger partial charge in [-0.2, -0.15) is 0 Å². The molecule has 0 aliphatic carbocycles. The molecule has 0 aliphatic heterocycles. The first-order chi connectivity index (χ1) is 21.9. The Labute approximate surface area is 289 Å². The third-order valence-electron chi connectivity index (χ3n) is 9.54. The Kier molecular flexibility index (Phi) is 9.40. The monoisotopic (exact) mass is 654 g/mol. The summed E-state index contributed by atoms with van der Waals surface area (Å²) >= 11 is 5.85.